The van der Waals surface area contributed by atoms with E-state index in [-0.39, 0.29) is 18.1 Å². The number of fused-ring (bicyclic) bond motifs is 1. The van der Waals surface area contributed by atoms with Gasteiger partial charge in [0.25, 0.3) is 0 Å². The highest BCUT2D eigenvalue weighted by Crippen LogP contribution is 2.23. The molecule has 0 atom stereocenters. The quantitative estimate of drug-likeness (QED) is 0.759. The third kappa shape index (κ3) is 3.40. The Morgan fingerprint density at radius 3 is 2.69 bits per heavy atom. The minimum Gasteiger partial charge on any atom is -0.368 e. The lowest BCUT2D eigenvalue weighted by molar-refractivity contribution is -0.130. The molecule has 2 heterocycles. The van der Waals surface area contributed by atoms with E-state index in [4.69, 9.17) is 11.6 Å². The second-order valence-corrected chi connectivity index (χ2v) is 6.96. The number of halogens is 2. The van der Waals surface area contributed by atoms with Gasteiger partial charge in [-0.05, 0) is 42.0 Å². The Kier molecular flexibility index (Phi) is 4.55. The molecule has 1 N–H and O–H groups in total. The summed E-state index contributed by atoms with van der Waals surface area (Å²) in [5.74, 6) is -0.221. The Labute approximate surface area is 156 Å². The lowest BCUT2D eigenvalue weighted by atomic mass is 10.1. The molecule has 1 aromatic heterocycles. The number of nitrogens with one attached hydrogen (secondary N) is 1. The van der Waals surface area contributed by atoms with Crippen LogP contribution in [-0.2, 0) is 11.2 Å². The number of hydrogen-bond acceptors (Lipinski definition) is 2. The highest BCUT2D eigenvalue weighted by atomic mass is 35.5. The van der Waals surface area contributed by atoms with Gasteiger partial charge in [-0.3, -0.25) is 4.79 Å². The standard InChI is InChI=1S/C20H19ClFN3O/c21-15-2-1-3-17(11-15)24-6-8-25(9-7-24)20(26)10-14-13-23-19-5-4-16(22)12-18(14)19/h1-5,11-13,23H,6-10H2. The number of carbonyl (C=O) groups excluding carboxylic acids is 1. The second kappa shape index (κ2) is 7.00. The fourth-order valence-corrected chi connectivity index (χ4v) is 3.64. The van der Waals surface area contributed by atoms with Crippen molar-refractivity contribution in [3.63, 3.8) is 0 Å². The van der Waals surface area contributed by atoms with Crippen LogP contribution in [0.5, 0.6) is 0 Å². The summed E-state index contributed by atoms with van der Waals surface area (Å²) in [5.41, 5.74) is 2.76. The van der Waals surface area contributed by atoms with Crippen LogP contribution in [0.1, 0.15) is 5.56 Å². The van der Waals surface area contributed by atoms with Gasteiger partial charge in [-0.1, -0.05) is 17.7 Å². The van der Waals surface area contributed by atoms with Gasteiger partial charge in [0.2, 0.25) is 5.91 Å². The van der Waals surface area contributed by atoms with E-state index in [2.05, 4.69) is 9.88 Å². The molecule has 0 spiro atoms. The molecule has 3 aromatic rings. The van der Waals surface area contributed by atoms with Gasteiger partial charge in [0.1, 0.15) is 5.82 Å². The van der Waals surface area contributed by atoms with Gasteiger partial charge < -0.3 is 14.8 Å². The minimum atomic E-state index is -0.291. The number of aromatic amines is 1. The Hall–Kier alpha value is -2.53. The zero-order valence-electron chi connectivity index (χ0n) is 14.2. The van der Waals surface area contributed by atoms with Crippen molar-refractivity contribution in [2.24, 2.45) is 0 Å². The summed E-state index contributed by atoms with van der Waals surface area (Å²) in [4.78, 5) is 19.9. The summed E-state index contributed by atoms with van der Waals surface area (Å²) >= 11 is 6.06. The van der Waals surface area contributed by atoms with Crippen LogP contribution < -0.4 is 4.90 Å². The minimum absolute atomic E-state index is 0.0703. The molecule has 1 amide bonds. The molecule has 6 heteroatoms. The van der Waals surface area contributed by atoms with Gasteiger partial charge >= 0.3 is 0 Å². The molecule has 1 saturated heterocycles. The Balaban J connectivity index is 1.41. The number of hydrogen-bond donors (Lipinski definition) is 1. The van der Waals surface area contributed by atoms with E-state index in [1.807, 2.05) is 29.2 Å². The van der Waals surface area contributed by atoms with Gasteiger partial charge in [-0.15, -0.1) is 0 Å². The number of anilines is 1. The molecule has 26 heavy (non-hydrogen) atoms. The maximum Gasteiger partial charge on any atom is 0.227 e. The van der Waals surface area contributed by atoms with Gasteiger partial charge in [0.05, 0.1) is 6.42 Å². The van der Waals surface area contributed by atoms with Crippen LogP contribution >= 0.6 is 11.6 Å². The van der Waals surface area contributed by atoms with E-state index in [1.54, 1.807) is 12.3 Å². The number of H-pyrrole nitrogens is 1. The first-order chi connectivity index (χ1) is 12.6. The number of aromatic nitrogens is 1. The zero-order chi connectivity index (χ0) is 18.1. The molecule has 134 valence electrons. The Morgan fingerprint density at radius 1 is 1.12 bits per heavy atom. The average molecular weight is 372 g/mol. The molecule has 1 aliphatic heterocycles. The van der Waals surface area contributed by atoms with E-state index in [0.717, 1.165) is 35.2 Å². The molecule has 4 nitrogen and oxygen atoms in total. The number of amides is 1. The van der Waals surface area contributed by atoms with Crippen LogP contribution in [0.4, 0.5) is 10.1 Å². The van der Waals surface area contributed by atoms with Crippen LogP contribution in [0.15, 0.2) is 48.7 Å². The molecule has 0 unspecified atom stereocenters. The number of rotatable bonds is 3. The molecule has 2 aromatic carbocycles. The molecule has 1 aliphatic rings. The van der Waals surface area contributed by atoms with Crippen LogP contribution in [0, 0.1) is 5.82 Å². The van der Waals surface area contributed by atoms with Crippen LogP contribution in [0.3, 0.4) is 0 Å². The summed E-state index contributed by atoms with van der Waals surface area (Å²) in [6, 6.07) is 12.4. The van der Waals surface area contributed by atoms with Crippen molar-refractivity contribution < 1.29 is 9.18 Å². The highest BCUT2D eigenvalue weighted by Gasteiger charge is 2.22. The lowest BCUT2D eigenvalue weighted by Gasteiger charge is -2.36. The van der Waals surface area contributed by atoms with Gasteiger partial charge in [-0.25, -0.2) is 4.39 Å². The molecule has 0 bridgehead atoms. The largest absolute Gasteiger partial charge is 0.368 e. The van der Waals surface area contributed by atoms with Gasteiger partial charge in [0.15, 0.2) is 0 Å². The first-order valence-electron chi connectivity index (χ1n) is 8.64. The SMILES string of the molecule is O=C(Cc1c[nH]c2ccc(F)cc12)N1CCN(c2cccc(Cl)c2)CC1. The maximum atomic E-state index is 13.5. The number of nitrogens with zero attached hydrogens (tertiary/aromatic N) is 2. The predicted molar refractivity (Wildman–Crippen MR) is 102 cm³/mol. The van der Waals surface area contributed by atoms with Crippen molar-refractivity contribution in [2.45, 2.75) is 6.42 Å². The second-order valence-electron chi connectivity index (χ2n) is 6.53. The molecule has 4 rings (SSSR count). The van der Waals surface area contributed by atoms with Crippen molar-refractivity contribution in [3.8, 4) is 0 Å². The topological polar surface area (TPSA) is 39.3 Å². The molecule has 0 radical (unpaired) electrons. The third-order valence-corrected chi connectivity index (χ3v) is 5.11. The van der Waals surface area contributed by atoms with Crippen LogP contribution in [0.2, 0.25) is 5.02 Å². The van der Waals surface area contributed by atoms with Gasteiger partial charge in [-0.2, -0.15) is 0 Å². The maximum absolute atomic E-state index is 13.5. The summed E-state index contributed by atoms with van der Waals surface area (Å²) in [6.45, 7) is 2.88. The van der Waals surface area contributed by atoms with E-state index < -0.39 is 0 Å². The smallest absolute Gasteiger partial charge is 0.227 e. The monoisotopic (exact) mass is 371 g/mol. The third-order valence-electron chi connectivity index (χ3n) is 4.88. The molecule has 0 saturated carbocycles. The summed E-state index contributed by atoms with van der Waals surface area (Å²) in [7, 11) is 0. The number of piperazine rings is 1. The van der Waals surface area contributed by atoms with Crippen molar-refractivity contribution in [3.05, 3.63) is 65.1 Å². The number of carbonyl (C=O) groups is 1. The first-order valence-corrected chi connectivity index (χ1v) is 9.02. The van der Waals surface area contributed by atoms with Crippen molar-refractivity contribution in [1.82, 2.24) is 9.88 Å². The summed E-state index contributed by atoms with van der Waals surface area (Å²) < 4.78 is 13.5. The first kappa shape index (κ1) is 16.9. The molecule has 0 aliphatic carbocycles. The summed E-state index contributed by atoms with van der Waals surface area (Å²) in [6.07, 6.45) is 2.07. The van der Waals surface area contributed by atoms with Crippen LogP contribution in [-0.4, -0.2) is 42.0 Å². The van der Waals surface area contributed by atoms with Gasteiger partial charge in [0, 0.05) is 54.0 Å². The fraction of sp³-hybridized carbons (Fsp3) is 0.250. The van der Waals surface area contributed by atoms with Crippen molar-refractivity contribution >= 4 is 34.1 Å². The Bertz CT molecular complexity index is 947. The summed E-state index contributed by atoms with van der Waals surface area (Å²) in [5, 5.41) is 1.49. The van der Waals surface area contributed by atoms with E-state index in [9.17, 15) is 9.18 Å². The van der Waals surface area contributed by atoms with E-state index >= 15 is 0 Å². The average Bonchev–Trinajstić information content (AvgIpc) is 3.04. The van der Waals surface area contributed by atoms with Crippen molar-refractivity contribution in [2.75, 3.05) is 31.1 Å². The zero-order valence-corrected chi connectivity index (χ0v) is 15.0. The van der Waals surface area contributed by atoms with E-state index in [1.165, 1.54) is 12.1 Å². The fourth-order valence-electron chi connectivity index (χ4n) is 3.46. The number of benzene rings is 2. The molecular weight excluding hydrogens is 353 g/mol. The van der Waals surface area contributed by atoms with E-state index in [0.29, 0.717) is 18.1 Å². The molecule has 1 fully saturated rings. The molecular formula is C20H19ClFN3O. The lowest BCUT2D eigenvalue weighted by Crippen LogP contribution is -2.49. The van der Waals surface area contributed by atoms with Crippen LogP contribution in [0.25, 0.3) is 10.9 Å². The predicted octanol–water partition coefficient (Wildman–Crippen LogP) is 3.85. The normalized spacial score (nSPS) is 14.8. The Morgan fingerprint density at radius 2 is 1.92 bits per heavy atom. The highest BCUT2D eigenvalue weighted by molar-refractivity contribution is 6.30. The van der Waals surface area contributed by atoms with Crippen molar-refractivity contribution in [1.29, 1.82) is 0 Å².